The number of nitrogens with two attached hydrogens (primary N) is 1. The van der Waals surface area contributed by atoms with E-state index in [0.29, 0.717) is 6.04 Å². The summed E-state index contributed by atoms with van der Waals surface area (Å²) in [6.07, 6.45) is 6.49. The molecule has 0 saturated heterocycles. The minimum absolute atomic E-state index is 0.705. The van der Waals surface area contributed by atoms with Crippen LogP contribution in [0.1, 0.15) is 31.2 Å². The van der Waals surface area contributed by atoms with Crippen molar-refractivity contribution in [3.05, 3.63) is 29.8 Å². The van der Waals surface area contributed by atoms with Gasteiger partial charge in [0.25, 0.3) is 0 Å². The van der Waals surface area contributed by atoms with Gasteiger partial charge in [-0.05, 0) is 56.2 Å². The van der Waals surface area contributed by atoms with Crippen molar-refractivity contribution < 1.29 is 0 Å². The molecule has 0 spiro atoms. The van der Waals surface area contributed by atoms with Crippen molar-refractivity contribution in [3.63, 3.8) is 0 Å². The molecule has 17 heavy (non-hydrogen) atoms. The van der Waals surface area contributed by atoms with Crippen molar-refractivity contribution in [1.29, 1.82) is 0 Å². The maximum atomic E-state index is 5.65. The van der Waals surface area contributed by atoms with E-state index in [-0.39, 0.29) is 0 Å². The van der Waals surface area contributed by atoms with Gasteiger partial charge in [0, 0.05) is 18.3 Å². The molecule has 2 N–H and O–H groups in total. The lowest BCUT2D eigenvalue weighted by atomic mass is 10.1. The summed E-state index contributed by atoms with van der Waals surface area (Å²) in [5.41, 5.74) is 8.68. The highest BCUT2D eigenvalue weighted by molar-refractivity contribution is 5.59. The highest BCUT2D eigenvalue weighted by atomic mass is 15.2. The summed E-state index contributed by atoms with van der Waals surface area (Å²) in [5, 5.41) is 0. The fourth-order valence-electron chi connectivity index (χ4n) is 2.96. The molecule has 2 heteroatoms. The molecule has 0 aromatic heterocycles. The number of para-hydroxylation sites is 1. The molecular formula is C15H22N2. The van der Waals surface area contributed by atoms with Crippen molar-refractivity contribution >= 4 is 5.69 Å². The summed E-state index contributed by atoms with van der Waals surface area (Å²) in [5.74, 6) is 0.960. The third-order valence-corrected chi connectivity index (χ3v) is 4.09. The molecule has 1 atom stereocenters. The van der Waals surface area contributed by atoms with Gasteiger partial charge in [-0.2, -0.15) is 0 Å². The molecule has 1 heterocycles. The van der Waals surface area contributed by atoms with Gasteiger partial charge in [-0.3, -0.25) is 0 Å². The molecule has 92 valence electrons. The number of benzene rings is 1. The van der Waals surface area contributed by atoms with E-state index in [9.17, 15) is 0 Å². The average molecular weight is 230 g/mol. The van der Waals surface area contributed by atoms with E-state index >= 15 is 0 Å². The summed E-state index contributed by atoms with van der Waals surface area (Å²) in [4.78, 5) is 2.66. The van der Waals surface area contributed by atoms with Crippen LogP contribution in [-0.2, 0) is 6.42 Å². The Bertz CT molecular complexity index is 384. The smallest absolute Gasteiger partial charge is 0.0402 e. The van der Waals surface area contributed by atoms with Crippen LogP contribution in [0.5, 0.6) is 0 Å². The SMILES string of the molecule is NCCCC1Cc2ccccc2N1CC1CC1. The van der Waals surface area contributed by atoms with Crippen LogP contribution in [0.2, 0.25) is 0 Å². The molecule has 1 aromatic carbocycles. The molecule has 1 aliphatic heterocycles. The number of anilines is 1. The molecule has 2 aliphatic rings. The third-order valence-electron chi connectivity index (χ3n) is 4.09. The monoisotopic (exact) mass is 230 g/mol. The normalized spacial score (nSPS) is 22.9. The van der Waals surface area contributed by atoms with E-state index in [1.165, 1.54) is 43.5 Å². The van der Waals surface area contributed by atoms with Crippen molar-refractivity contribution in [3.8, 4) is 0 Å². The van der Waals surface area contributed by atoms with Crippen LogP contribution in [0.15, 0.2) is 24.3 Å². The summed E-state index contributed by atoms with van der Waals surface area (Å²) >= 11 is 0. The van der Waals surface area contributed by atoms with Gasteiger partial charge in [0.1, 0.15) is 0 Å². The molecule has 1 aliphatic carbocycles. The van der Waals surface area contributed by atoms with Gasteiger partial charge >= 0.3 is 0 Å². The first-order valence-electron chi connectivity index (χ1n) is 6.93. The van der Waals surface area contributed by atoms with Crippen LogP contribution < -0.4 is 10.6 Å². The Morgan fingerprint density at radius 3 is 2.82 bits per heavy atom. The molecule has 1 saturated carbocycles. The maximum absolute atomic E-state index is 5.65. The molecular weight excluding hydrogens is 208 g/mol. The third kappa shape index (κ3) is 2.32. The molecule has 2 nitrogen and oxygen atoms in total. The van der Waals surface area contributed by atoms with Gasteiger partial charge in [-0.25, -0.2) is 0 Å². The summed E-state index contributed by atoms with van der Waals surface area (Å²) < 4.78 is 0. The number of nitrogens with zero attached hydrogens (tertiary/aromatic N) is 1. The second-order valence-electron chi connectivity index (χ2n) is 5.51. The lowest BCUT2D eigenvalue weighted by molar-refractivity contribution is 0.544. The quantitative estimate of drug-likeness (QED) is 0.842. The average Bonchev–Trinajstić information content (AvgIpc) is 3.10. The number of rotatable bonds is 5. The van der Waals surface area contributed by atoms with Gasteiger partial charge in [0.15, 0.2) is 0 Å². The van der Waals surface area contributed by atoms with E-state index in [1.54, 1.807) is 0 Å². The molecule has 0 amide bonds. The Labute approximate surface area is 104 Å². The second-order valence-corrected chi connectivity index (χ2v) is 5.51. The second kappa shape index (κ2) is 4.69. The Hall–Kier alpha value is -1.02. The standard InChI is InChI=1S/C15H22N2/c16-9-3-5-14-10-13-4-1-2-6-15(13)17(14)11-12-7-8-12/h1-2,4,6,12,14H,3,5,7-11,16H2. The van der Waals surface area contributed by atoms with Crippen LogP contribution in [0.3, 0.4) is 0 Å². The highest BCUT2D eigenvalue weighted by Gasteiger charge is 2.33. The van der Waals surface area contributed by atoms with E-state index in [1.807, 2.05) is 0 Å². The van der Waals surface area contributed by atoms with Crippen LogP contribution in [0.4, 0.5) is 5.69 Å². The zero-order valence-electron chi connectivity index (χ0n) is 10.4. The van der Waals surface area contributed by atoms with Crippen LogP contribution in [0, 0.1) is 5.92 Å². The molecule has 0 bridgehead atoms. The predicted octanol–water partition coefficient (Wildman–Crippen LogP) is 2.57. The Balaban J connectivity index is 1.76. The first-order valence-corrected chi connectivity index (χ1v) is 6.93. The highest BCUT2D eigenvalue weighted by Crippen LogP contribution is 2.38. The predicted molar refractivity (Wildman–Crippen MR) is 72.3 cm³/mol. The van der Waals surface area contributed by atoms with Gasteiger partial charge < -0.3 is 10.6 Å². The van der Waals surface area contributed by atoms with Gasteiger partial charge in [-0.15, -0.1) is 0 Å². The molecule has 3 rings (SSSR count). The topological polar surface area (TPSA) is 29.3 Å². The fraction of sp³-hybridized carbons (Fsp3) is 0.600. The van der Waals surface area contributed by atoms with Crippen LogP contribution in [0.25, 0.3) is 0 Å². The molecule has 0 radical (unpaired) electrons. The van der Waals surface area contributed by atoms with Crippen molar-refractivity contribution in [1.82, 2.24) is 0 Å². The van der Waals surface area contributed by atoms with Crippen LogP contribution in [-0.4, -0.2) is 19.1 Å². The molecule has 1 aromatic rings. The van der Waals surface area contributed by atoms with Gasteiger partial charge in [0.05, 0.1) is 0 Å². The van der Waals surface area contributed by atoms with Gasteiger partial charge in [-0.1, -0.05) is 18.2 Å². The zero-order valence-corrected chi connectivity index (χ0v) is 10.4. The number of hydrogen-bond acceptors (Lipinski definition) is 2. The largest absolute Gasteiger partial charge is 0.368 e. The Morgan fingerprint density at radius 2 is 2.06 bits per heavy atom. The van der Waals surface area contributed by atoms with Crippen molar-refractivity contribution in [2.75, 3.05) is 18.0 Å². The fourth-order valence-corrected chi connectivity index (χ4v) is 2.96. The summed E-state index contributed by atoms with van der Waals surface area (Å²) in [6, 6.07) is 9.62. The first-order chi connectivity index (χ1) is 8.38. The number of hydrogen-bond donors (Lipinski definition) is 1. The molecule has 1 fully saturated rings. The van der Waals surface area contributed by atoms with E-state index in [0.717, 1.165) is 18.9 Å². The summed E-state index contributed by atoms with van der Waals surface area (Å²) in [6.45, 7) is 2.09. The Kier molecular flexibility index (Phi) is 3.06. The zero-order chi connectivity index (χ0) is 11.7. The van der Waals surface area contributed by atoms with Gasteiger partial charge in [0.2, 0.25) is 0 Å². The van der Waals surface area contributed by atoms with E-state index in [4.69, 9.17) is 5.73 Å². The number of fused-ring (bicyclic) bond motifs is 1. The van der Waals surface area contributed by atoms with Crippen LogP contribution >= 0.6 is 0 Å². The van der Waals surface area contributed by atoms with E-state index < -0.39 is 0 Å². The molecule has 1 unspecified atom stereocenters. The minimum Gasteiger partial charge on any atom is -0.368 e. The first kappa shape index (κ1) is 11.1. The maximum Gasteiger partial charge on any atom is 0.0402 e. The lowest BCUT2D eigenvalue weighted by Gasteiger charge is -2.27. The van der Waals surface area contributed by atoms with Crippen molar-refractivity contribution in [2.45, 2.75) is 38.1 Å². The minimum atomic E-state index is 0.705. The summed E-state index contributed by atoms with van der Waals surface area (Å²) in [7, 11) is 0. The lowest BCUT2D eigenvalue weighted by Crippen LogP contribution is -2.34. The van der Waals surface area contributed by atoms with E-state index in [2.05, 4.69) is 29.2 Å². The Morgan fingerprint density at radius 1 is 1.24 bits per heavy atom. The van der Waals surface area contributed by atoms with Crippen molar-refractivity contribution in [2.24, 2.45) is 11.7 Å².